The molecule has 0 radical (unpaired) electrons. The lowest BCUT2D eigenvalue weighted by atomic mass is 10.2. The molecule has 0 unspecified atom stereocenters. The van der Waals surface area contributed by atoms with Crippen molar-refractivity contribution < 1.29 is 0 Å². The van der Waals surface area contributed by atoms with Crippen molar-refractivity contribution in [3.8, 4) is 0 Å². The van der Waals surface area contributed by atoms with Crippen LogP contribution in [0.4, 0.5) is 5.82 Å². The van der Waals surface area contributed by atoms with Crippen molar-refractivity contribution in [3.05, 3.63) is 46.3 Å². The summed E-state index contributed by atoms with van der Waals surface area (Å²) in [5.74, 6) is 6.06. The molecule has 0 spiro atoms. The Morgan fingerprint density at radius 1 is 1.44 bits per heavy atom. The predicted octanol–water partition coefficient (Wildman–Crippen LogP) is 2.10. The van der Waals surface area contributed by atoms with Crippen LogP contribution in [-0.4, -0.2) is 23.5 Å². The summed E-state index contributed by atoms with van der Waals surface area (Å²) < 4.78 is 0. The number of anilines is 1. The van der Waals surface area contributed by atoms with Crippen LogP contribution in [0.2, 0.25) is 0 Å². The molecule has 0 aromatic carbocycles. The van der Waals surface area contributed by atoms with Gasteiger partial charge in [0, 0.05) is 24.2 Å². The highest BCUT2D eigenvalue weighted by atomic mass is 32.1. The number of nitrogens with one attached hydrogen (secondary N) is 1. The molecule has 2 aromatic heterocycles. The Labute approximate surface area is 111 Å². The van der Waals surface area contributed by atoms with Gasteiger partial charge in [0.05, 0.1) is 0 Å². The van der Waals surface area contributed by atoms with Gasteiger partial charge in [-0.25, -0.2) is 10.8 Å². The van der Waals surface area contributed by atoms with E-state index in [1.54, 1.807) is 6.20 Å². The number of pyridine rings is 1. The largest absolute Gasteiger partial charge is 0.308 e. The smallest absolute Gasteiger partial charge is 0.140 e. The third-order valence-electron chi connectivity index (χ3n) is 2.74. The van der Waals surface area contributed by atoms with Crippen LogP contribution in [0.25, 0.3) is 0 Å². The molecule has 0 aliphatic heterocycles. The molecule has 4 nitrogen and oxygen atoms in total. The molecule has 0 amide bonds. The van der Waals surface area contributed by atoms with Crippen LogP contribution in [-0.2, 0) is 13.0 Å². The third-order valence-corrected chi connectivity index (χ3v) is 3.68. The van der Waals surface area contributed by atoms with Gasteiger partial charge in [-0.1, -0.05) is 6.07 Å². The summed E-state index contributed by atoms with van der Waals surface area (Å²) in [6.07, 6.45) is 2.87. The first-order chi connectivity index (χ1) is 8.78. The molecule has 0 bridgehead atoms. The quantitative estimate of drug-likeness (QED) is 0.618. The molecule has 0 fully saturated rings. The molecule has 0 aliphatic carbocycles. The van der Waals surface area contributed by atoms with E-state index < -0.39 is 0 Å². The number of rotatable bonds is 6. The second-order valence-electron chi connectivity index (χ2n) is 4.26. The number of hydrogen-bond donors (Lipinski definition) is 2. The molecular formula is C13H18N4S. The summed E-state index contributed by atoms with van der Waals surface area (Å²) in [6, 6.07) is 8.27. The molecular weight excluding hydrogens is 244 g/mol. The van der Waals surface area contributed by atoms with Crippen molar-refractivity contribution >= 4 is 17.2 Å². The second kappa shape index (κ2) is 6.49. The number of hydrazine groups is 1. The molecule has 0 atom stereocenters. The van der Waals surface area contributed by atoms with Gasteiger partial charge in [-0.05, 0) is 42.6 Å². The maximum absolute atomic E-state index is 5.35. The van der Waals surface area contributed by atoms with Gasteiger partial charge in [0.15, 0.2) is 0 Å². The first kappa shape index (κ1) is 13.0. The minimum Gasteiger partial charge on any atom is -0.308 e. The zero-order chi connectivity index (χ0) is 12.8. The first-order valence-electron chi connectivity index (χ1n) is 5.90. The number of aromatic nitrogens is 1. The molecule has 2 rings (SSSR count). The molecule has 0 saturated carbocycles. The number of likely N-dealkylation sites (N-methyl/N-ethyl adjacent to an activating group) is 1. The SMILES string of the molecule is CN(CCc1cccs1)Cc1ccnc(NN)c1. The number of hydrogen-bond acceptors (Lipinski definition) is 5. The lowest BCUT2D eigenvalue weighted by Crippen LogP contribution is -2.20. The van der Waals surface area contributed by atoms with Crippen LogP contribution in [0.1, 0.15) is 10.4 Å². The highest BCUT2D eigenvalue weighted by molar-refractivity contribution is 7.09. The Morgan fingerprint density at radius 3 is 3.06 bits per heavy atom. The lowest BCUT2D eigenvalue weighted by molar-refractivity contribution is 0.332. The van der Waals surface area contributed by atoms with E-state index in [2.05, 4.69) is 39.9 Å². The normalized spacial score (nSPS) is 10.8. The molecule has 0 aliphatic rings. The van der Waals surface area contributed by atoms with E-state index in [1.165, 1.54) is 10.4 Å². The van der Waals surface area contributed by atoms with E-state index in [9.17, 15) is 0 Å². The Balaban J connectivity index is 1.84. The Bertz CT molecular complexity index is 470. The van der Waals surface area contributed by atoms with E-state index in [4.69, 9.17) is 5.84 Å². The Kier molecular flexibility index (Phi) is 4.69. The van der Waals surface area contributed by atoms with Crippen LogP contribution in [0.15, 0.2) is 35.8 Å². The second-order valence-corrected chi connectivity index (χ2v) is 5.29. The van der Waals surface area contributed by atoms with Crippen molar-refractivity contribution in [2.24, 2.45) is 5.84 Å². The fourth-order valence-electron chi connectivity index (χ4n) is 1.80. The molecule has 0 saturated heterocycles. The van der Waals surface area contributed by atoms with E-state index in [-0.39, 0.29) is 0 Å². The van der Waals surface area contributed by atoms with Crippen LogP contribution in [0.3, 0.4) is 0 Å². The Hall–Kier alpha value is -1.43. The van der Waals surface area contributed by atoms with Crippen molar-refractivity contribution in [3.63, 3.8) is 0 Å². The molecule has 96 valence electrons. The van der Waals surface area contributed by atoms with Crippen molar-refractivity contribution in [1.29, 1.82) is 0 Å². The number of nitrogen functional groups attached to an aromatic ring is 1. The van der Waals surface area contributed by atoms with Crippen molar-refractivity contribution in [2.45, 2.75) is 13.0 Å². The number of nitrogens with zero attached hydrogens (tertiary/aromatic N) is 2. The summed E-state index contributed by atoms with van der Waals surface area (Å²) in [4.78, 5) is 7.83. The van der Waals surface area contributed by atoms with Gasteiger partial charge in [-0.15, -0.1) is 11.3 Å². The van der Waals surface area contributed by atoms with E-state index in [0.717, 1.165) is 19.5 Å². The summed E-state index contributed by atoms with van der Waals surface area (Å²) in [5, 5.41) is 2.12. The maximum atomic E-state index is 5.35. The van der Waals surface area contributed by atoms with Gasteiger partial charge >= 0.3 is 0 Å². The summed E-state index contributed by atoms with van der Waals surface area (Å²) in [5.41, 5.74) is 3.78. The fourth-order valence-corrected chi connectivity index (χ4v) is 2.50. The molecule has 5 heteroatoms. The minimum absolute atomic E-state index is 0.708. The summed E-state index contributed by atoms with van der Waals surface area (Å²) in [6.45, 7) is 1.96. The van der Waals surface area contributed by atoms with E-state index >= 15 is 0 Å². The van der Waals surface area contributed by atoms with Gasteiger partial charge in [-0.2, -0.15) is 0 Å². The van der Waals surface area contributed by atoms with Gasteiger partial charge in [-0.3, -0.25) is 0 Å². The van der Waals surface area contributed by atoms with Crippen LogP contribution in [0.5, 0.6) is 0 Å². The summed E-state index contributed by atoms with van der Waals surface area (Å²) >= 11 is 1.81. The fraction of sp³-hybridized carbons (Fsp3) is 0.308. The van der Waals surface area contributed by atoms with Gasteiger partial charge in [0.1, 0.15) is 5.82 Å². The number of nitrogens with two attached hydrogens (primary N) is 1. The predicted molar refractivity (Wildman–Crippen MR) is 76.4 cm³/mol. The third kappa shape index (κ3) is 3.80. The zero-order valence-corrected chi connectivity index (χ0v) is 11.3. The summed E-state index contributed by atoms with van der Waals surface area (Å²) in [7, 11) is 2.13. The average molecular weight is 262 g/mol. The number of thiophene rings is 1. The lowest BCUT2D eigenvalue weighted by Gasteiger charge is -2.16. The highest BCUT2D eigenvalue weighted by Crippen LogP contribution is 2.11. The topological polar surface area (TPSA) is 54.2 Å². The molecule has 2 aromatic rings. The monoisotopic (exact) mass is 262 g/mol. The zero-order valence-electron chi connectivity index (χ0n) is 10.5. The highest BCUT2D eigenvalue weighted by Gasteiger charge is 2.02. The molecule has 18 heavy (non-hydrogen) atoms. The standard InChI is InChI=1S/C13H18N4S/c1-17(7-5-12-3-2-8-18-12)10-11-4-6-15-13(9-11)16-14/h2-4,6,8-9H,5,7,10,14H2,1H3,(H,15,16). The maximum Gasteiger partial charge on any atom is 0.140 e. The van der Waals surface area contributed by atoms with Gasteiger partial charge in [0.25, 0.3) is 0 Å². The molecule has 3 N–H and O–H groups in total. The first-order valence-corrected chi connectivity index (χ1v) is 6.78. The average Bonchev–Trinajstić information content (AvgIpc) is 2.90. The van der Waals surface area contributed by atoms with Crippen molar-refractivity contribution in [2.75, 3.05) is 19.0 Å². The van der Waals surface area contributed by atoms with Crippen LogP contribution >= 0.6 is 11.3 Å². The van der Waals surface area contributed by atoms with Crippen LogP contribution in [0, 0.1) is 0 Å². The molecule has 2 heterocycles. The van der Waals surface area contributed by atoms with Crippen molar-refractivity contribution in [1.82, 2.24) is 9.88 Å². The van der Waals surface area contributed by atoms with Crippen LogP contribution < -0.4 is 11.3 Å². The Morgan fingerprint density at radius 2 is 2.33 bits per heavy atom. The minimum atomic E-state index is 0.708. The van der Waals surface area contributed by atoms with E-state index in [0.29, 0.717) is 5.82 Å². The van der Waals surface area contributed by atoms with Gasteiger partial charge < -0.3 is 10.3 Å². The van der Waals surface area contributed by atoms with E-state index in [1.807, 2.05) is 23.5 Å². The van der Waals surface area contributed by atoms with Gasteiger partial charge in [0.2, 0.25) is 0 Å².